The smallest absolute Gasteiger partial charge is 0.0719 e. The largest absolute Gasteiger partial charge is 0.310 e. The Bertz CT molecular complexity index is 3380. The molecule has 0 radical (unpaired) electrons. The third-order valence-electron chi connectivity index (χ3n) is 14.1. The summed E-state index contributed by atoms with van der Waals surface area (Å²) < 4.78 is 0. The minimum absolute atomic E-state index is 0.297. The van der Waals surface area contributed by atoms with E-state index >= 15 is 0 Å². The Hall–Kier alpha value is -8.20. The average Bonchev–Trinajstić information content (AvgIpc) is 3.67. The van der Waals surface area contributed by atoms with Gasteiger partial charge >= 0.3 is 0 Å². The van der Waals surface area contributed by atoms with Crippen LogP contribution < -0.4 is 9.80 Å². The minimum atomic E-state index is -0.538. The molecule has 2 heteroatoms. The number of rotatable bonds is 8. The van der Waals surface area contributed by atoms with E-state index in [0.717, 1.165) is 34.1 Å². The van der Waals surface area contributed by atoms with E-state index in [1.807, 2.05) is 0 Å². The van der Waals surface area contributed by atoms with Crippen LogP contribution in [-0.4, -0.2) is 0 Å². The fraction of sp³-hybridized carbons (Fsp3) is 0.0625. The second-order valence-corrected chi connectivity index (χ2v) is 18.1. The summed E-state index contributed by atoms with van der Waals surface area (Å²) in [7, 11) is 0. The Morgan fingerprint density at radius 2 is 0.636 bits per heavy atom. The molecule has 2 nitrogen and oxygen atoms in total. The summed E-state index contributed by atoms with van der Waals surface area (Å²) in [5.41, 5.74) is 21.2. The third-order valence-corrected chi connectivity index (χ3v) is 14.1. The molecule has 66 heavy (non-hydrogen) atoms. The van der Waals surface area contributed by atoms with Crippen molar-refractivity contribution in [1.82, 2.24) is 0 Å². The summed E-state index contributed by atoms with van der Waals surface area (Å²) in [6.07, 6.45) is 0. The second-order valence-electron chi connectivity index (χ2n) is 18.1. The molecular weight excluding hydrogens is 797 g/mol. The van der Waals surface area contributed by atoms with Crippen LogP contribution in [0.25, 0.3) is 33.4 Å². The highest BCUT2D eigenvalue weighted by atomic mass is 15.1. The minimum Gasteiger partial charge on any atom is -0.310 e. The summed E-state index contributed by atoms with van der Waals surface area (Å²) in [5.74, 6) is 0. The van der Waals surface area contributed by atoms with Crippen LogP contribution in [0, 0.1) is 0 Å². The lowest BCUT2D eigenvalue weighted by Gasteiger charge is -2.47. The molecular formula is C64H48N2. The van der Waals surface area contributed by atoms with Gasteiger partial charge in [0.25, 0.3) is 0 Å². The molecule has 0 fully saturated rings. The molecule has 2 aliphatic rings. The molecule has 0 heterocycles. The second kappa shape index (κ2) is 15.8. The van der Waals surface area contributed by atoms with Crippen molar-refractivity contribution in [3.63, 3.8) is 0 Å². The zero-order chi connectivity index (χ0) is 44.2. The van der Waals surface area contributed by atoms with Crippen LogP contribution in [-0.2, 0) is 10.8 Å². The lowest BCUT2D eigenvalue weighted by atomic mass is 9.55. The summed E-state index contributed by atoms with van der Waals surface area (Å²) in [6.45, 7) is 4.83. The summed E-state index contributed by atoms with van der Waals surface area (Å²) in [6, 6.07) is 93.6. The summed E-state index contributed by atoms with van der Waals surface area (Å²) in [5, 5.41) is 0. The van der Waals surface area contributed by atoms with Gasteiger partial charge in [0.05, 0.1) is 5.41 Å². The van der Waals surface area contributed by atoms with E-state index in [4.69, 9.17) is 0 Å². The number of para-hydroxylation sites is 2. The van der Waals surface area contributed by atoms with Crippen molar-refractivity contribution in [3.05, 3.63) is 288 Å². The number of nitrogens with zero attached hydrogens (tertiary/aromatic N) is 2. The molecule has 10 aromatic rings. The normalized spacial score (nSPS) is 15.0. The number of anilines is 6. The molecule has 0 saturated carbocycles. The highest BCUT2D eigenvalue weighted by Crippen LogP contribution is 2.63. The van der Waals surface area contributed by atoms with Crippen LogP contribution in [0.2, 0.25) is 0 Å². The van der Waals surface area contributed by atoms with E-state index in [2.05, 4.69) is 278 Å². The number of hydrogen-bond donors (Lipinski definition) is 0. The first-order valence-corrected chi connectivity index (χ1v) is 23.0. The van der Waals surface area contributed by atoms with Crippen molar-refractivity contribution in [2.45, 2.75) is 24.7 Å². The van der Waals surface area contributed by atoms with Gasteiger partial charge in [0.1, 0.15) is 0 Å². The van der Waals surface area contributed by atoms with Crippen LogP contribution in [0.1, 0.15) is 47.2 Å². The van der Waals surface area contributed by atoms with E-state index in [1.54, 1.807) is 0 Å². The van der Waals surface area contributed by atoms with Gasteiger partial charge < -0.3 is 9.80 Å². The zero-order valence-corrected chi connectivity index (χ0v) is 37.1. The Kier molecular flexibility index (Phi) is 9.43. The molecule has 0 saturated heterocycles. The van der Waals surface area contributed by atoms with Gasteiger partial charge in [-0.3, -0.25) is 0 Å². The predicted octanol–water partition coefficient (Wildman–Crippen LogP) is 17.0. The molecule has 0 amide bonds. The Morgan fingerprint density at radius 3 is 1.29 bits per heavy atom. The maximum absolute atomic E-state index is 2.49. The van der Waals surface area contributed by atoms with Crippen LogP contribution >= 0.6 is 0 Å². The van der Waals surface area contributed by atoms with Crippen LogP contribution in [0.3, 0.4) is 0 Å². The van der Waals surface area contributed by atoms with Gasteiger partial charge in [-0.1, -0.05) is 196 Å². The monoisotopic (exact) mass is 844 g/mol. The van der Waals surface area contributed by atoms with Crippen LogP contribution in [0.15, 0.2) is 255 Å². The highest BCUT2D eigenvalue weighted by Gasteiger charge is 2.53. The number of fused-ring (bicyclic) bond motifs is 9. The van der Waals surface area contributed by atoms with Crippen molar-refractivity contribution in [2.24, 2.45) is 0 Å². The maximum Gasteiger partial charge on any atom is 0.0719 e. The first-order valence-electron chi connectivity index (χ1n) is 23.0. The summed E-state index contributed by atoms with van der Waals surface area (Å²) >= 11 is 0. The van der Waals surface area contributed by atoms with Gasteiger partial charge in [0.2, 0.25) is 0 Å². The molecule has 10 aromatic carbocycles. The predicted molar refractivity (Wildman–Crippen MR) is 276 cm³/mol. The van der Waals surface area contributed by atoms with E-state index in [1.165, 1.54) is 66.8 Å². The lowest BCUT2D eigenvalue weighted by Crippen LogP contribution is -2.40. The highest BCUT2D eigenvalue weighted by molar-refractivity contribution is 5.92. The van der Waals surface area contributed by atoms with Crippen LogP contribution in [0.5, 0.6) is 0 Å². The number of benzene rings is 10. The molecule has 0 N–H and O–H groups in total. The molecule has 12 rings (SSSR count). The van der Waals surface area contributed by atoms with Gasteiger partial charge in [0.15, 0.2) is 0 Å². The zero-order valence-electron chi connectivity index (χ0n) is 37.1. The van der Waals surface area contributed by atoms with Crippen molar-refractivity contribution in [2.75, 3.05) is 9.80 Å². The maximum atomic E-state index is 2.49. The first-order chi connectivity index (χ1) is 32.5. The van der Waals surface area contributed by atoms with E-state index in [0.29, 0.717) is 0 Å². The Balaban J connectivity index is 1.05. The average molecular weight is 845 g/mol. The number of hydrogen-bond acceptors (Lipinski definition) is 2. The molecule has 0 aromatic heterocycles. The lowest BCUT2D eigenvalue weighted by molar-refractivity contribution is 0.563. The fourth-order valence-electron chi connectivity index (χ4n) is 11.1. The molecule has 1 atom stereocenters. The molecule has 1 unspecified atom stereocenters. The molecule has 0 aliphatic heterocycles. The fourth-order valence-corrected chi connectivity index (χ4v) is 11.1. The van der Waals surface area contributed by atoms with Crippen LogP contribution in [0.4, 0.5) is 34.1 Å². The van der Waals surface area contributed by atoms with Gasteiger partial charge in [-0.25, -0.2) is 0 Å². The van der Waals surface area contributed by atoms with Gasteiger partial charge in [-0.15, -0.1) is 0 Å². The Labute approximate surface area is 388 Å². The van der Waals surface area contributed by atoms with Gasteiger partial charge in [-0.2, -0.15) is 0 Å². The first kappa shape index (κ1) is 39.4. The standard InChI is InChI=1S/C64H48N2/c1-63(2)59-32-17-18-33-60(59)64(61-41-39-54(44-62(61)63)66(50-27-13-6-14-28-50)52-29-19-24-48(42-52)46-22-9-4-10-23-46)57-31-16-15-30-55(57)56-43-53(38-40-58(56)64)65(49-25-11-5-12-26-49)51-36-34-47(35-37-51)45-20-7-3-8-21-45/h3-44H,1-2H3. The topological polar surface area (TPSA) is 6.48 Å². The molecule has 0 bridgehead atoms. The molecule has 2 aliphatic carbocycles. The summed E-state index contributed by atoms with van der Waals surface area (Å²) in [4.78, 5) is 4.81. The van der Waals surface area contributed by atoms with Crippen molar-refractivity contribution in [1.29, 1.82) is 0 Å². The van der Waals surface area contributed by atoms with Crippen molar-refractivity contribution in [3.8, 4) is 33.4 Å². The van der Waals surface area contributed by atoms with E-state index in [-0.39, 0.29) is 5.41 Å². The third kappa shape index (κ3) is 6.25. The van der Waals surface area contributed by atoms with E-state index < -0.39 is 5.41 Å². The van der Waals surface area contributed by atoms with Gasteiger partial charge in [0, 0.05) is 39.5 Å². The SMILES string of the molecule is CC1(C)c2ccccc2C2(c3ccccc3-c3cc(N(c4ccccc4)c4ccc(-c5ccccc5)cc4)ccc32)c2ccc(N(c3ccccc3)c3cccc(-c4ccccc4)c3)cc21. The van der Waals surface area contributed by atoms with Crippen molar-refractivity contribution < 1.29 is 0 Å². The van der Waals surface area contributed by atoms with Crippen molar-refractivity contribution >= 4 is 34.1 Å². The molecule has 314 valence electrons. The Morgan fingerprint density at radius 1 is 0.242 bits per heavy atom. The van der Waals surface area contributed by atoms with Gasteiger partial charge in [-0.05, 0) is 140 Å². The quantitative estimate of drug-likeness (QED) is 0.150. The van der Waals surface area contributed by atoms with E-state index in [9.17, 15) is 0 Å². The molecule has 1 spiro atoms.